The molecule has 6 heteroatoms. The third-order valence-corrected chi connectivity index (χ3v) is 4.11. The molecule has 4 nitrogen and oxygen atoms in total. The zero-order chi connectivity index (χ0) is 17.3. The Kier molecular flexibility index (Phi) is 6.25. The van der Waals surface area contributed by atoms with Crippen LogP contribution in [0.15, 0.2) is 65.6 Å². The fourth-order valence-electron chi connectivity index (χ4n) is 2.65. The molecule has 0 aliphatic carbocycles. The zero-order valence-corrected chi connectivity index (χ0v) is 16.6. The molecule has 0 fully saturated rings. The summed E-state index contributed by atoms with van der Waals surface area (Å²) in [5.74, 6) is -1.24. The maximum Gasteiger partial charge on any atom is 1.00 e. The van der Waals surface area contributed by atoms with Crippen LogP contribution in [0.4, 0.5) is 0 Å². The molecule has 3 rings (SSSR count). The second-order valence-electron chi connectivity index (χ2n) is 5.35. The number of hydrogen-bond donors (Lipinski definition) is 1. The first-order valence-corrected chi connectivity index (χ1v) is 7.67. The Hall–Kier alpha value is -1.85. The minimum absolute atomic E-state index is 0. The van der Waals surface area contributed by atoms with E-state index in [9.17, 15) is 14.7 Å². The van der Waals surface area contributed by atoms with E-state index in [2.05, 4.69) is 0 Å². The summed E-state index contributed by atoms with van der Waals surface area (Å²) in [5, 5.41) is 10.0. The maximum absolute atomic E-state index is 12.7. The summed E-state index contributed by atoms with van der Waals surface area (Å²) in [6.45, 7) is 1.63. The van der Waals surface area contributed by atoms with Crippen LogP contribution in [0.25, 0.3) is 16.8 Å². The van der Waals surface area contributed by atoms with Crippen LogP contribution in [0.3, 0.4) is 0 Å². The molecule has 1 N–H and O–H groups in total. The Morgan fingerprint density at radius 1 is 1.08 bits per heavy atom. The van der Waals surface area contributed by atoms with Crippen molar-refractivity contribution in [3.8, 4) is 16.8 Å². The Balaban J connectivity index is 0.00000169. The Morgan fingerprint density at radius 2 is 1.68 bits per heavy atom. The first kappa shape index (κ1) is 19.5. The summed E-state index contributed by atoms with van der Waals surface area (Å²) in [4.78, 5) is 24.3. The van der Waals surface area contributed by atoms with Gasteiger partial charge in [-0.05, 0) is 36.8 Å². The van der Waals surface area contributed by atoms with E-state index in [0.29, 0.717) is 21.8 Å². The molecule has 1 heterocycles. The van der Waals surface area contributed by atoms with Crippen LogP contribution in [0, 0.1) is 6.92 Å². The third-order valence-electron chi connectivity index (χ3n) is 3.86. The van der Waals surface area contributed by atoms with Crippen molar-refractivity contribution < 1.29 is 40.9 Å². The molecule has 0 radical (unpaired) electrons. The predicted octanol–water partition coefficient (Wildman–Crippen LogP) is 1.28. The Labute approximate surface area is 173 Å². The molecule has 0 spiro atoms. The number of carbonyl (C=O) groups is 1. The molecule has 0 saturated carbocycles. The normalized spacial score (nSPS) is 10.2. The van der Waals surface area contributed by atoms with E-state index < -0.39 is 11.4 Å². The number of halogens is 1. The van der Waals surface area contributed by atoms with Gasteiger partial charge < -0.3 is 11.1 Å². The molecule has 2 aromatic carbocycles. The van der Waals surface area contributed by atoms with E-state index in [4.69, 9.17) is 11.6 Å². The summed E-state index contributed by atoms with van der Waals surface area (Å²) < 4.78 is 1.72. The van der Waals surface area contributed by atoms with E-state index >= 15 is 0 Å². The molecule has 0 aliphatic rings. The number of benzene rings is 2. The number of pyridine rings is 1. The fourth-order valence-corrected chi connectivity index (χ4v) is 2.77. The number of aromatic nitrogens is 1. The van der Waals surface area contributed by atoms with E-state index in [1.54, 1.807) is 42.0 Å². The third kappa shape index (κ3) is 3.88. The van der Waals surface area contributed by atoms with Gasteiger partial charge in [-0.15, -0.1) is 0 Å². The monoisotopic (exact) mass is 363 g/mol. The van der Waals surface area contributed by atoms with E-state index in [-0.39, 0.29) is 36.5 Å². The van der Waals surface area contributed by atoms with Gasteiger partial charge in [0.2, 0.25) is 5.43 Å². The Bertz CT molecular complexity index is 973. The van der Waals surface area contributed by atoms with Crippen molar-refractivity contribution in [2.45, 2.75) is 6.92 Å². The zero-order valence-electron chi connectivity index (χ0n) is 14.9. The van der Waals surface area contributed by atoms with Crippen LogP contribution >= 0.6 is 11.6 Å². The van der Waals surface area contributed by atoms with Gasteiger partial charge in [0, 0.05) is 28.2 Å². The largest absolute Gasteiger partial charge is 1.00 e. The summed E-state index contributed by atoms with van der Waals surface area (Å²) >= 11 is 5.90. The molecule has 25 heavy (non-hydrogen) atoms. The van der Waals surface area contributed by atoms with Crippen LogP contribution in [-0.4, -0.2) is 15.6 Å². The van der Waals surface area contributed by atoms with Gasteiger partial charge in [0.05, 0.1) is 0 Å². The van der Waals surface area contributed by atoms with Gasteiger partial charge in [0.1, 0.15) is 5.56 Å². The van der Waals surface area contributed by atoms with Gasteiger partial charge in [-0.1, -0.05) is 41.9 Å². The van der Waals surface area contributed by atoms with Gasteiger partial charge in [-0.3, -0.25) is 4.79 Å². The fraction of sp³-hybridized carbons (Fsp3) is 0.0526. The van der Waals surface area contributed by atoms with Crippen molar-refractivity contribution >= 4 is 17.6 Å². The van der Waals surface area contributed by atoms with E-state index in [0.717, 1.165) is 5.69 Å². The van der Waals surface area contributed by atoms with Gasteiger partial charge >= 0.3 is 35.5 Å². The molecule has 0 amide bonds. The number of rotatable bonds is 3. The average Bonchev–Trinajstić information content (AvgIpc) is 2.57. The molecule has 0 unspecified atom stereocenters. The molecular formula is C19H15ClNNaO3. The number of nitrogens with zero attached hydrogens (tertiary/aromatic N) is 1. The predicted molar refractivity (Wildman–Crippen MR) is 95.3 cm³/mol. The first-order chi connectivity index (χ1) is 11.5. The number of hydrogen-bond acceptors (Lipinski definition) is 2. The van der Waals surface area contributed by atoms with Crippen LogP contribution in [0.5, 0.6) is 0 Å². The van der Waals surface area contributed by atoms with Crippen molar-refractivity contribution in [1.29, 1.82) is 0 Å². The van der Waals surface area contributed by atoms with Gasteiger partial charge in [-0.25, -0.2) is 4.79 Å². The van der Waals surface area contributed by atoms with Crippen LogP contribution in [-0.2, 0) is 0 Å². The maximum atomic E-state index is 12.7. The SMILES string of the molecule is Cc1c(C(=O)O)c(=O)c(-c2ccc(Cl)cc2)cn1-c1ccccc1.[H-].[Na+]. The standard InChI is InChI=1S/C19H14ClNO3.Na.H/c1-12-17(19(23)24)18(22)16(13-7-9-14(20)10-8-13)11-21(12)15-5-3-2-4-6-15;;/h2-11H,1H3,(H,23,24);;/q;+1;-1. The van der Waals surface area contributed by atoms with E-state index in [1.165, 1.54) is 0 Å². The topological polar surface area (TPSA) is 59.3 Å². The van der Waals surface area contributed by atoms with Gasteiger partial charge in [0.15, 0.2) is 0 Å². The minimum atomic E-state index is -1.24. The molecule has 0 bridgehead atoms. The van der Waals surface area contributed by atoms with Gasteiger partial charge in [-0.2, -0.15) is 0 Å². The second kappa shape index (κ2) is 8.02. The van der Waals surface area contributed by atoms with Crippen molar-refractivity contribution in [3.05, 3.63) is 87.3 Å². The number of carboxylic acid groups (broad SMARTS) is 1. The number of para-hydroxylation sites is 1. The molecule has 3 aromatic rings. The Morgan fingerprint density at radius 3 is 2.24 bits per heavy atom. The smallest absolute Gasteiger partial charge is 1.00 e. The summed E-state index contributed by atoms with van der Waals surface area (Å²) in [6, 6.07) is 16.0. The minimum Gasteiger partial charge on any atom is -1.00 e. The van der Waals surface area contributed by atoms with Crippen LogP contribution in [0.1, 0.15) is 17.5 Å². The van der Waals surface area contributed by atoms with Crippen molar-refractivity contribution in [2.75, 3.05) is 0 Å². The van der Waals surface area contributed by atoms with Crippen molar-refractivity contribution in [3.63, 3.8) is 0 Å². The summed E-state index contributed by atoms with van der Waals surface area (Å²) in [5.41, 5.74) is 1.38. The molecule has 1 aromatic heterocycles. The molecule has 0 atom stereocenters. The van der Waals surface area contributed by atoms with Crippen molar-refractivity contribution in [2.24, 2.45) is 0 Å². The average molecular weight is 364 g/mol. The molecule has 0 saturated heterocycles. The molecule has 122 valence electrons. The van der Waals surface area contributed by atoms with Crippen LogP contribution < -0.4 is 35.0 Å². The summed E-state index contributed by atoms with van der Waals surface area (Å²) in [7, 11) is 0. The molecule has 0 aliphatic heterocycles. The van der Waals surface area contributed by atoms with Crippen molar-refractivity contribution in [1.82, 2.24) is 4.57 Å². The second-order valence-corrected chi connectivity index (χ2v) is 5.79. The molecular weight excluding hydrogens is 349 g/mol. The number of carboxylic acids is 1. The summed E-state index contributed by atoms with van der Waals surface area (Å²) in [6.07, 6.45) is 1.67. The van der Waals surface area contributed by atoms with Gasteiger partial charge in [0.25, 0.3) is 0 Å². The van der Waals surface area contributed by atoms with Crippen LogP contribution in [0.2, 0.25) is 5.02 Å². The first-order valence-electron chi connectivity index (χ1n) is 7.30. The quantitative estimate of drug-likeness (QED) is 0.713. The van der Waals surface area contributed by atoms with E-state index in [1.807, 2.05) is 30.3 Å². The number of aromatic carboxylic acids is 1.